The first kappa shape index (κ1) is 54.4. The molecule has 3 saturated heterocycles. The summed E-state index contributed by atoms with van der Waals surface area (Å²) in [5.74, 6) is 3.78. The van der Waals surface area contributed by atoms with Crippen molar-refractivity contribution in [2.75, 3.05) is 0 Å². The summed E-state index contributed by atoms with van der Waals surface area (Å²) < 4.78 is 36.4. The highest BCUT2D eigenvalue weighted by atomic mass is 35.5. The molecule has 3 aliphatic heterocycles. The van der Waals surface area contributed by atoms with Crippen LogP contribution in [0.15, 0.2) is 170 Å². The largest absolute Gasteiger partial charge is 0.494 e. The van der Waals surface area contributed by atoms with Gasteiger partial charge in [0.25, 0.3) is 0 Å². The molecule has 0 unspecified atom stereocenters. The lowest BCUT2D eigenvalue weighted by atomic mass is 9.49. The van der Waals surface area contributed by atoms with Gasteiger partial charge >= 0.3 is 21.1 Å². The predicted octanol–water partition coefficient (Wildman–Crippen LogP) is 12.9. The lowest BCUT2D eigenvalue weighted by molar-refractivity contribution is 0.00578. The Labute approximate surface area is 453 Å². The van der Waals surface area contributed by atoms with Gasteiger partial charge in [-0.25, -0.2) is 29.9 Å². The third-order valence-electron chi connectivity index (χ3n) is 14.9. The maximum Gasteiger partial charge on any atom is 0.494 e. The van der Waals surface area contributed by atoms with E-state index in [4.69, 9.17) is 54.5 Å². The summed E-state index contributed by atoms with van der Waals surface area (Å²) in [5, 5.41) is 0.653. The summed E-state index contributed by atoms with van der Waals surface area (Å²) in [6.45, 7) is 24.4. The molecule has 3 aliphatic rings. The molecule has 5 heterocycles. The molecule has 2 aromatic heterocycles. The molecule has 76 heavy (non-hydrogen) atoms. The fourth-order valence-corrected chi connectivity index (χ4v) is 8.50. The van der Waals surface area contributed by atoms with Crippen LogP contribution in [0.25, 0.3) is 68.3 Å². The summed E-state index contributed by atoms with van der Waals surface area (Å²) in [6, 6.07) is 55.3. The highest BCUT2D eigenvalue weighted by Crippen LogP contribution is 2.43. The maximum atomic E-state index is 6.25. The van der Waals surface area contributed by atoms with Gasteiger partial charge in [-0.15, -0.1) is 0 Å². The van der Waals surface area contributed by atoms with Crippen LogP contribution in [0.3, 0.4) is 0 Å². The zero-order chi connectivity index (χ0) is 54.1. The Morgan fingerprint density at radius 1 is 0.289 bits per heavy atom. The van der Waals surface area contributed by atoms with Crippen molar-refractivity contribution in [3.63, 3.8) is 0 Å². The lowest BCUT2D eigenvalue weighted by Gasteiger charge is -2.32. The quantitative estimate of drug-likeness (QED) is 0.134. The molecule has 0 amide bonds. The Bertz CT molecular complexity index is 3090. The van der Waals surface area contributed by atoms with E-state index >= 15 is 0 Å². The normalized spacial score (nSPS) is 18.3. The molecule has 0 saturated carbocycles. The van der Waals surface area contributed by atoms with Crippen molar-refractivity contribution in [3.8, 4) is 68.3 Å². The highest BCUT2D eigenvalue weighted by molar-refractivity contribution is 7.11. The molecule has 0 atom stereocenters. The molecule has 6 aromatic carbocycles. The van der Waals surface area contributed by atoms with Crippen molar-refractivity contribution < 1.29 is 27.9 Å². The molecule has 3 fully saturated rings. The van der Waals surface area contributed by atoms with Crippen LogP contribution in [0.4, 0.5) is 0 Å². The van der Waals surface area contributed by atoms with Crippen molar-refractivity contribution in [2.45, 2.75) is 117 Å². The number of hydrogen-bond donors (Lipinski definition) is 0. The molecular formula is C60H64B3ClN6O6. The van der Waals surface area contributed by atoms with Gasteiger partial charge in [-0.05, 0) is 101 Å². The van der Waals surface area contributed by atoms with Crippen LogP contribution >= 0.6 is 11.6 Å². The van der Waals surface area contributed by atoms with Crippen molar-refractivity contribution in [3.05, 3.63) is 175 Å². The van der Waals surface area contributed by atoms with Crippen molar-refractivity contribution in [1.82, 2.24) is 29.9 Å². The first-order valence-electron chi connectivity index (χ1n) is 25.7. The first-order valence-corrected chi connectivity index (χ1v) is 26.0. The van der Waals surface area contributed by atoms with Gasteiger partial charge in [0.1, 0.15) is 0 Å². The SMILES string of the molecule is CC1(C)OB(B2OC(C)(C)C(C)(C)O2)OC1(C)C.CC1(C)OB(c2cccc(-c3nc(-c4ccccc4)nc(-c4ccccc4)n3)c2)OC1(C)C.Clc1cccc(-c2nc(-c3ccccc3)nc(-c3ccccc3)n2)c1. The van der Waals surface area contributed by atoms with Crippen molar-refractivity contribution in [2.24, 2.45) is 0 Å². The van der Waals surface area contributed by atoms with Crippen LogP contribution in [-0.2, 0) is 27.9 Å². The Morgan fingerprint density at radius 3 is 0.842 bits per heavy atom. The highest BCUT2D eigenvalue weighted by Gasteiger charge is 2.63. The molecular weight excluding hydrogens is 969 g/mol. The van der Waals surface area contributed by atoms with Crippen molar-refractivity contribution >= 4 is 38.2 Å². The molecule has 0 aliphatic carbocycles. The Hall–Kier alpha value is -6.42. The average Bonchev–Trinajstić information content (AvgIpc) is 3.91. The second-order valence-electron chi connectivity index (χ2n) is 22.1. The van der Waals surface area contributed by atoms with E-state index in [0.717, 1.165) is 38.8 Å². The van der Waals surface area contributed by atoms with E-state index < -0.39 is 32.3 Å². The van der Waals surface area contributed by atoms with Crippen molar-refractivity contribution in [1.29, 1.82) is 0 Å². The number of nitrogens with zero attached hydrogens (tertiary/aromatic N) is 6. The average molecular weight is 1030 g/mol. The topological polar surface area (TPSA) is 133 Å². The van der Waals surface area contributed by atoms with E-state index in [9.17, 15) is 0 Å². The third kappa shape index (κ3) is 11.9. The van der Waals surface area contributed by atoms with Gasteiger partial charge in [0.15, 0.2) is 34.9 Å². The molecule has 12 nitrogen and oxygen atoms in total. The van der Waals surface area contributed by atoms with Gasteiger partial charge in [-0.2, -0.15) is 0 Å². The van der Waals surface area contributed by atoms with Crippen LogP contribution in [0.2, 0.25) is 5.02 Å². The van der Waals surface area contributed by atoms with Crippen LogP contribution < -0.4 is 5.46 Å². The Morgan fingerprint density at radius 2 is 0.539 bits per heavy atom. The van der Waals surface area contributed by atoms with Gasteiger partial charge < -0.3 is 27.9 Å². The van der Waals surface area contributed by atoms with Crippen LogP contribution in [0.1, 0.15) is 83.1 Å². The predicted molar refractivity (Wildman–Crippen MR) is 305 cm³/mol. The minimum Gasteiger partial charge on any atom is -0.405 e. The molecule has 386 valence electrons. The van der Waals surface area contributed by atoms with E-state index in [1.807, 2.05) is 225 Å². The number of rotatable bonds is 8. The Kier molecular flexibility index (Phi) is 15.4. The number of hydrogen-bond acceptors (Lipinski definition) is 12. The smallest absolute Gasteiger partial charge is 0.405 e. The molecule has 16 heteroatoms. The standard InChI is InChI=1S/C27H26BN3O2.C21H14ClN3.C12H24B2O4/c1-26(2)27(3,4)33-28(32-26)22-17-11-16-21(18-22)25-30-23(19-12-7-5-8-13-19)29-24(31-25)20-14-9-6-10-15-20;22-18-13-7-12-17(14-18)21-24-19(15-8-3-1-4-9-15)23-20(25-21)16-10-5-2-6-11-16;1-9(2)10(3,4)16-13(15-9)14-17-11(5,6)12(7,8)18-14/h5-18H,1-4H3;1-14H;1-8H3. The minimum absolute atomic E-state index is 0.360. The van der Waals surface area contributed by atoms with E-state index in [1.165, 1.54) is 0 Å². The maximum absolute atomic E-state index is 6.25. The summed E-state index contributed by atoms with van der Waals surface area (Å²) in [5.41, 5.74) is 4.24. The summed E-state index contributed by atoms with van der Waals surface area (Å²) in [4.78, 5) is 28.4. The summed E-state index contributed by atoms with van der Waals surface area (Å²) in [7, 11) is -1.40. The van der Waals surface area contributed by atoms with E-state index in [1.54, 1.807) is 0 Å². The van der Waals surface area contributed by atoms with E-state index in [-0.39, 0.29) is 22.4 Å². The second kappa shape index (κ2) is 21.5. The van der Waals surface area contributed by atoms with Gasteiger partial charge in [0.2, 0.25) is 0 Å². The fraction of sp³-hybridized carbons (Fsp3) is 0.300. The van der Waals surface area contributed by atoms with Gasteiger partial charge in [0, 0.05) is 38.4 Å². The molecule has 11 rings (SSSR count). The molecule has 0 bridgehead atoms. The number of halogens is 1. The van der Waals surface area contributed by atoms with Gasteiger partial charge in [-0.3, -0.25) is 0 Å². The zero-order valence-electron chi connectivity index (χ0n) is 45.4. The van der Waals surface area contributed by atoms with E-state index in [0.29, 0.717) is 40.0 Å². The minimum atomic E-state index is -0.476. The molecule has 0 N–H and O–H groups in total. The number of aromatic nitrogens is 6. The lowest BCUT2D eigenvalue weighted by Crippen LogP contribution is -2.41. The summed E-state index contributed by atoms with van der Waals surface area (Å²) >= 11 is 6.14. The second-order valence-corrected chi connectivity index (χ2v) is 22.5. The van der Waals surface area contributed by atoms with Crippen LogP contribution in [-0.4, -0.2) is 84.6 Å². The van der Waals surface area contributed by atoms with Crippen LogP contribution in [0, 0.1) is 0 Å². The van der Waals surface area contributed by atoms with E-state index in [2.05, 4.69) is 42.6 Å². The zero-order valence-corrected chi connectivity index (χ0v) is 46.2. The van der Waals surface area contributed by atoms with Gasteiger partial charge in [-0.1, -0.05) is 169 Å². The molecule has 8 aromatic rings. The third-order valence-corrected chi connectivity index (χ3v) is 15.2. The fourth-order valence-electron chi connectivity index (χ4n) is 8.31. The first-order chi connectivity index (χ1) is 36.0. The summed E-state index contributed by atoms with van der Waals surface area (Å²) in [6.07, 6.45) is 0. The number of benzene rings is 6. The Balaban J connectivity index is 0.000000146. The molecule has 0 spiro atoms. The molecule has 0 radical (unpaired) electrons. The monoisotopic (exact) mass is 1030 g/mol. The van der Waals surface area contributed by atoms with Gasteiger partial charge in [0.05, 0.1) is 33.6 Å². The van der Waals surface area contributed by atoms with Crippen LogP contribution in [0.5, 0.6) is 0 Å².